The van der Waals surface area contributed by atoms with E-state index in [-0.39, 0.29) is 18.5 Å². The highest BCUT2D eigenvalue weighted by atomic mass is 79.9. The highest BCUT2D eigenvalue weighted by Gasteiger charge is 2.09. The summed E-state index contributed by atoms with van der Waals surface area (Å²) in [5.74, 6) is -0.299. The highest BCUT2D eigenvalue weighted by molar-refractivity contribution is 9.10. The average Bonchev–Trinajstić information content (AvgIpc) is 2.04. The van der Waals surface area contributed by atoms with Crippen molar-refractivity contribution in [2.75, 3.05) is 6.61 Å². The molecule has 1 rings (SSSR count). The normalized spacial score (nSPS) is 12.9. The van der Waals surface area contributed by atoms with Gasteiger partial charge in [-0.05, 0) is 24.1 Å². The summed E-state index contributed by atoms with van der Waals surface area (Å²) < 4.78 is 13.3. The molecule has 72 valence electrons. The minimum Gasteiger partial charge on any atom is -0.396 e. The molecule has 0 unspecified atom stereocenters. The second kappa shape index (κ2) is 4.69. The zero-order valence-corrected chi connectivity index (χ0v) is 8.59. The third-order valence-electron chi connectivity index (χ3n) is 1.80. The van der Waals surface area contributed by atoms with E-state index in [0.29, 0.717) is 10.9 Å². The van der Waals surface area contributed by atoms with Crippen molar-refractivity contribution < 1.29 is 9.50 Å². The summed E-state index contributed by atoms with van der Waals surface area (Å²) in [6.45, 7) is 0.0327. The van der Waals surface area contributed by atoms with E-state index in [9.17, 15) is 4.39 Å². The van der Waals surface area contributed by atoms with Crippen LogP contribution in [0.3, 0.4) is 0 Å². The Kier molecular flexibility index (Phi) is 3.84. The summed E-state index contributed by atoms with van der Waals surface area (Å²) >= 11 is 3.22. The van der Waals surface area contributed by atoms with Crippen LogP contribution in [0.4, 0.5) is 4.39 Å². The molecule has 13 heavy (non-hydrogen) atoms. The fourth-order valence-corrected chi connectivity index (χ4v) is 1.74. The lowest BCUT2D eigenvalue weighted by Crippen LogP contribution is -2.12. The summed E-state index contributed by atoms with van der Waals surface area (Å²) in [6, 6.07) is 4.10. The Morgan fingerprint density at radius 3 is 2.77 bits per heavy atom. The van der Waals surface area contributed by atoms with Crippen LogP contribution in [-0.2, 0) is 0 Å². The second-order valence-corrected chi connectivity index (χ2v) is 3.64. The molecule has 0 aliphatic carbocycles. The molecule has 0 saturated carbocycles. The predicted molar refractivity (Wildman–Crippen MR) is 52.7 cm³/mol. The van der Waals surface area contributed by atoms with Crippen molar-refractivity contribution in [2.24, 2.45) is 5.73 Å². The van der Waals surface area contributed by atoms with E-state index < -0.39 is 0 Å². The van der Waals surface area contributed by atoms with Gasteiger partial charge in [0.05, 0.1) is 0 Å². The lowest BCUT2D eigenvalue weighted by molar-refractivity contribution is 0.276. The van der Waals surface area contributed by atoms with Crippen LogP contribution < -0.4 is 5.73 Å². The Bertz CT molecular complexity index is 293. The second-order valence-electron chi connectivity index (χ2n) is 2.78. The van der Waals surface area contributed by atoms with Gasteiger partial charge in [-0.2, -0.15) is 0 Å². The Balaban J connectivity index is 2.88. The molecular formula is C9H11BrFNO. The number of aliphatic hydroxyl groups is 1. The van der Waals surface area contributed by atoms with E-state index in [2.05, 4.69) is 15.9 Å². The lowest BCUT2D eigenvalue weighted by atomic mass is 10.1. The van der Waals surface area contributed by atoms with Crippen molar-refractivity contribution in [1.29, 1.82) is 0 Å². The first-order chi connectivity index (χ1) is 6.15. The summed E-state index contributed by atoms with van der Waals surface area (Å²) in [4.78, 5) is 0. The predicted octanol–water partition coefficient (Wildman–Crippen LogP) is 1.97. The number of rotatable bonds is 3. The van der Waals surface area contributed by atoms with Crippen molar-refractivity contribution >= 4 is 15.9 Å². The van der Waals surface area contributed by atoms with Crippen LogP contribution in [0.1, 0.15) is 18.0 Å². The Labute approximate surface area is 84.7 Å². The summed E-state index contributed by atoms with van der Waals surface area (Å²) in [6.07, 6.45) is 0.476. The molecule has 0 radical (unpaired) electrons. The summed E-state index contributed by atoms with van der Waals surface area (Å²) in [5, 5.41) is 8.67. The van der Waals surface area contributed by atoms with Gasteiger partial charge >= 0.3 is 0 Å². The van der Waals surface area contributed by atoms with Crippen molar-refractivity contribution in [1.82, 2.24) is 0 Å². The maximum atomic E-state index is 12.7. The van der Waals surface area contributed by atoms with Gasteiger partial charge in [0, 0.05) is 17.1 Å². The van der Waals surface area contributed by atoms with Gasteiger partial charge in [-0.3, -0.25) is 0 Å². The average molecular weight is 248 g/mol. The van der Waals surface area contributed by atoms with Gasteiger partial charge in [0.15, 0.2) is 0 Å². The molecule has 0 heterocycles. The van der Waals surface area contributed by atoms with Crippen molar-refractivity contribution in [2.45, 2.75) is 12.5 Å². The van der Waals surface area contributed by atoms with Crippen molar-refractivity contribution in [3.8, 4) is 0 Å². The Morgan fingerprint density at radius 2 is 2.23 bits per heavy atom. The van der Waals surface area contributed by atoms with Crippen LogP contribution in [0.15, 0.2) is 22.7 Å². The van der Waals surface area contributed by atoms with E-state index in [1.807, 2.05) is 0 Å². The molecule has 1 atom stereocenters. The van der Waals surface area contributed by atoms with Gasteiger partial charge < -0.3 is 10.8 Å². The van der Waals surface area contributed by atoms with E-state index in [1.165, 1.54) is 12.1 Å². The van der Waals surface area contributed by atoms with Gasteiger partial charge in [-0.15, -0.1) is 0 Å². The van der Waals surface area contributed by atoms with Crippen molar-refractivity contribution in [3.63, 3.8) is 0 Å². The van der Waals surface area contributed by atoms with Gasteiger partial charge in [-0.25, -0.2) is 4.39 Å². The standard InChI is InChI=1S/C9H11BrFNO/c10-8-5-6(11)1-2-7(8)9(12)3-4-13/h1-2,5,9,13H,3-4,12H2/t9-/m0/s1. The van der Waals surface area contributed by atoms with Crippen LogP contribution in [0.25, 0.3) is 0 Å². The fraction of sp³-hybridized carbons (Fsp3) is 0.333. The molecule has 0 aromatic heterocycles. The van der Waals surface area contributed by atoms with E-state index in [0.717, 1.165) is 5.56 Å². The third kappa shape index (κ3) is 2.76. The zero-order chi connectivity index (χ0) is 9.84. The molecule has 1 aromatic rings. The molecule has 0 fully saturated rings. The van der Waals surface area contributed by atoms with Crippen LogP contribution in [-0.4, -0.2) is 11.7 Å². The fourth-order valence-electron chi connectivity index (χ4n) is 1.10. The minimum absolute atomic E-state index is 0.0327. The van der Waals surface area contributed by atoms with E-state index >= 15 is 0 Å². The van der Waals surface area contributed by atoms with E-state index in [1.54, 1.807) is 6.07 Å². The molecule has 0 aliphatic heterocycles. The molecule has 3 N–H and O–H groups in total. The summed E-state index contributed by atoms with van der Waals surface area (Å²) in [5.41, 5.74) is 6.56. The van der Waals surface area contributed by atoms with Gasteiger partial charge in [0.1, 0.15) is 5.82 Å². The number of hydrogen-bond donors (Lipinski definition) is 2. The monoisotopic (exact) mass is 247 g/mol. The highest BCUT2D eigenvalue weighted by Crippen LogP contribution is 2.24. The smallest absolute Gasteiger partial charge is 0.124 e. The number of hydrogen-bond acceptors (Lipinski definition) is 2. The first kappa shape index (κ1) is 10.6. The molecule has 4 heteroatoms. The largest absolute Gasteiger partial charge is 0.396 e. The van der Waals surface area contributed by atoms with Crippen LogP contribution in [0, 0.1) is 5.82 Å². The molecule has 0 saturated heterocycles. The molecule has 0 bridgehead atoms. The third-order valence-corrected chi connectivity index (χ3v) is 2.49. The molecular weight excluding hydrogens is 237 g/mol. The van der Waals surface area contributed by atoms with Crippen molar-refractivity contribution in [3.05, 3.63) is 34.1 Å². The molecule has 0 aliphatic rings. The Hall–Kier alpha value is -0.450. The maximum Gasteiger partial charge on any atom is 0.124 e. The zero-order valence-electron chi connectivity index (χ0n) is 7.00. The van der Waals surface area contributed by atoms with Crippen LogP contribution in [0.5, 0.6) is 0 Å². The molecule has 0 spiro atoms. The van der Waals surface area contributed by atoms with E-state index in [4.69, 9.17) is 10.8 Å². The quantitative estimate of drug-likeness (QED) is 0.858. The van der Waals surface area contributed by atoms with Gasteiger partial charge in [-0.1, -0.05) is 22.0 Å². The number of nitrogens with two attached hydrogens (primary N) is 1. The van der Waals surface area contributed by atoms with Crippen LogP contribution >= 0.6 is 15.9 Å². The number of benzene rings is 1. The molecule has 2 nitrogen and oxygen atoms in total. The maximum absolute atomic E-state index is 12.7. The minimum atomic E-state index is -0.299. The summed E-state index contributed by atoms with van der Waals surface area (Å²) in [7, 11) is 0. The lowest BCUT2D eigenvalue weighted by Gasteiger charge is -2.11. The Morgan fingerprint density at radius 1 is 1.54 bits per heavy atom. The molecule has 1 aromatic carbocycles. The van der Waals surface area contributed by atoms with Gasteiger partial charge in [0.2, 0.25) is 0 Å². The first-order valence-corrected chi connectivity index (χ1v) is 4.76. The molecule has 0 amide bonds. The SMILES string of the molecule is N[C@@H](CCO)c1ccc(F)cc1Br. The first-order valence-electron chi connectivity index (χ1n) is 3.96. The number of halogens is 2. The topological polar surface area (TPSA) is 46.2 Å². The van der Waals surface area contributed by atoms with Crippen LogP contribution in [0.2, 0.25) is 0 Å². The van der Waals surface area contributed by atoms with Gasteiger partial charge in [0.25, 0.3) is 0 Å². The number of aliphatic hydroxyl groups excluding tert-OH is 1.